The maximum Gasteiger partial charge on any atom is 0.258 e. The summed E-state index contributed by atoms with van der Waals surface area (Å²) in [5, 5.41) is 2.21. The van der Waals surface area contributed by atoms with Gasteiger partial charge in [-0.3, -0.25) is 4.79 Å². The first-order valence-electron chi connectivity index (χ1n) is 8.00. The minimum Gasteiger partial charge on any atom is -0.317 e. The zero-order valence-electron chi connectivity index (χ0n) is 14.0. The lowest BCUT2D eigenvalue weighted by Crippen LogP contribution is -2.20. The minimum atomic E-state index is -0.850. The van der Waals surface area contributed by atoms with Crippen LogP contribution in [0.1, 0.15) is 17.3 Å². The summed E-state index contributed by atoms with van der Waals surface area (Å²) in [5.41, 5.74) is 0.516. The molecule has 3 aromatic rings. The Morgan fingerprint density at radius 3 is 2.19 bits per heavy atom. The van der Waals surface area contributed by atoms with Gasteiger partial charge in [0.2, 0.25) is 5.95 Å². The first kappa shape index (κ1) is 17.5. The molecule has 0 saturated carbocycles. The Morgan fingerprint density at radius 2 is 1.62 bits per heavy atom. The number of carbonyl (C=O) groups is 1. The number of nitrogens with zero attached hydrogens (tertiary/aromatic N) is 3. The summed E-state index contributed by atoms with van der Waals surface area (Å²) in [6, 6.07) is 12.9. The van der Waals surface area contributed by atoms with Crippen molar-refractivity contribution in [3.8, 4) is 0 Å². The quantitative estimate of drug-likeness (QED) is 0.747. The van der Waals surface area contributed by atoms with Gasteiger partial charge in [0.1, 0.15) is 17.3 Å². The first-order chi connectivity index (χ1) is 12.6. The summed E-state index contributed by atoms with van der Waals surface area (Å²) in [6.07, 6.45) is 2.64. The summed E-state index contributed by atoms with van der Waals surface area (Å²) in [4.78, 5) is 22.5. The number of nitrogens with one attached hydrogen (secondary N) is 1. The molecule has 2 aromatic carbocycles. The number of rotatable bonds is 5. The molecule has 0 atom stereocenters. The summed E-state index contributed by atoms with van der Waals surface area (Å²) in [5.74, 6) is -1.97. The predicted molar refractivity (Wildman–Crippen MR) is 95.5 cm³/mol. The highest BCUT2D eigenvalue weighted by Gasteiger charge is 2.15. The van der Waals surface area contributed by atoms with E-state index in [4.69, 9.17) is 0 Å². The lowest BCUT2D eigenvalue weighted by molar-refractivity contribution is 0.102. The topological polar surface area (TPSA) is 58.1 Å². The van der Waals surface area contributed by atoms with E-state index in [1.54, 1.807) is 0 Å². The van der Waals surface area contributed by atoms with E-state index in [9.17, 15) is 13.6 Å². The van der Waals surface area contributed by atoms with Crippen molar-refractivity contribution < 1.29 is 13.6 Å². The molecule has 0 spiro atoms. The number of amides is 1. The van der Waals surface area contributed by atoms with Gasteiger partial charge >= 0.3 is 0 Å². The van der Waals surface area contributed by atoms with E-state index in [0.29, 0.717) is 12.5 Å². The lowest BCUT2D eigenvalue weighted by Gasteiger charge is -2.20. The van der Waals surface area contributed by atoms with Crippen LogP contribution in [0.25, 0.3) is 0 Å². The third kappa shape index (κ3) is 3.66. The van der Waals surface area contributed by atoms with Crippen LogP contribution in [0.4, 0.5) is 26.1 Å². The van der Waals surface area contributed by atoms with Crippen LogP contribution in [0.5, 0.6) is 0 Å². The molecule has 0 bridgehead atoms. The summed E-state index contributed by atoms with van der Waals surface area (Å²) in [6.45, 7) is 2.59. The van der Waals surface area contributed by atoms with E-state index in [-0.39, 0.29) is 5.56 Å². The van der Waals surface area contributed by atoms with Crippen LogP contribution in [0.3, 0.4) is 0 Å². The number of para-hydroxylation sites is 2. The number of aromatic nitrogens is 2. The molecule has 0 aliphatic rings. The van der Waals surface area contributed by atoms with Gasteiger partial charge in [0.25, 0.3) is 5.91 Å². The molecule has 1 amide bonds. The Balaban J connectivity index is 1.80. The molecule has 0 radical (unpaired) electrons. The fourth-order valence-corrected chi connectivity index (χ4v) is 2.43. The molecule has 0 unspecified atom stereocenters. The Kier molecular flexibility index (Phi) is 5.17. The number of halogens is 2. The summed E-state index contributed by atoms with van der Waals surface area (Å²) in [7, 11) is 0. The van der Waals surface area contributed by atoms with E-state index in [1.165, 1.54) is 18.5 Å². The highest BCUT2D eigenvalue weighted by atomic mass is 19.1. The lowest BCUT2D eigenvalue weighted by atomic mass is 10.2. The van der Waals surface area contributed by atoms with Gasteiger partial charge in [0.15, 0.2) is 0 Å². The van der Waals surface area contributed by atoms with Crippen LogP contribution < -0.4 is 10.2 Å². The van der Waals surface area contributed by atoms with E-state index < -0.39 is 23.2 Å². The zero-order valence-corrected chi connectivity index (χ0v) is 14.0. The van der Waals surface area contributed by atoms with E-state index in [1.807, 2.05) is 42.2 Å². The van der Waals surface area contributed by atoms with Crippen LogP contribution in [-0.2, 0) is 0 Å². The molecular formula is C19H16F2N4O. The number of carbonyl (C=O) groups excluding carboxylic acids is 1. The Morgan fingerprint density at radius 1 is 1.00 bits per heavy atom. The smallest absolute Gasteiger partial charge is 0.258 e. The average Bonchev–Trinajstić information content (AvgIpc) is 2.67. The second kappa shape index (κ2) is 7.69. The first-order valence-corrected chi connectivity index (χ1v) is 8.00. The van der Waals surface area contributed by atoms with Crippen LogP contribution in [0.2, 0.25) is 0 Å². The molecule has 1 aromatic heterocycles. The summed E-state index contributed by atoms with van der Waals surface area (Å²) < 4.78 is 27.3. The molecule has 1 N–H and O–H groups in total. The van der Waals surface area contributed by atoms with Gasteiger partial charge in [-0.05, 0) is 31.2 Å². The molecule has 0 aliphatic heterocycles. The second-order valence-corrected chi connectivity index (χ2v) is 5.40. The molecule has 5 nitrogen and oxygen atoms in total. The molecule has 26 heavy (non-hydrogen) atoms. The molecule has 0 fully saturated rings. The monoisotopic (exact) mass is 354 g/mol. The Bertz CT molecular complexity index is 881. The Labute approximate surface area is 149 Å². The van der Waals surface area contributed by atoms with Crippen LogP contribution in [-0.4, -0.2) is 22.4 Å². The molecule has 7 heteroatoms. The molecule has 0 saturated heterocycles. The van der Waals surface area contributed by atoms with Crippen LogP contribution >= 0.6 is 0 Å². The van der Waals surface area contributed by atoms with Gasteiger partial charge in [0.05, 0.1) is 5.56 Å². The predicted octanol–water partition coefficient (Wildman–Crippen LogP) is 4.17. The molecule has 1 heterocycles. The SMILES string of the molecule is CCN(c1ccccc1)c1ncc(C(=O)Nc2c(F)cccc2F)cn1. The van der Waals surface area contributed by atoms with Crippen molar-refractivity contribution in [3.63, 3.8) is 0 Å². The Hall–Kier alpha value is -3.35. The van der Waals surface area contributed by atoms with Crippen molar-refractivity contribution in [1.82, 2.24) is 9.97 Å². The van der Waals surface area contributed by atoms with Crippen LogP contribution in [0.15, 0.2) is 60.9 Å². The van der Waals surface area contributed by atoms with E-state index in [2.05, 4.69) is 15.3 Å². The van der Waals surface area contributed by atoms with Gasteiger partial charge in [-0.2, -0.15) is 0 Å². The molecule has 0 aliphatic carbocycles. The van der Waals surface area contributed by atoms with E-state index >= 15 is 0 Å². The zero-order chi connectivity index (χ0) is 18.5. The second-order valence-electron chi connectivity index (χ2n) is 5.40. The standard InChI is InChI=1S/C19H16F2N4O/c1-2-25(14-7-4-3-5-8-14)19-22-11-13(12-23-19)18(26)24-17-15(20)9-6-10-16(17)21/h3-12H,2H2,1H3,(H,24,26). The normalized spacial score (nSPS) is 10.4. The van der Waals surface area contributed by atoms with Crippen molar-refractivity contribution in [2.75, 3.05) is 16.8 Å². The highest BCUT2D eigenvalue weighted by molar-refractivity contribution is 6.04. The van der Waals surface area contributed by atoms with Crippen molar-refractivity contribution >= 4 is 23.2 Å². The largest absolute Gasteiger partial charge is 0.317 e. The number of anilines is 3. The summed E-state index contributed by atoms with van der Waals surface area (Å²) >= 11 is 0. The third-order valence-electron chi connectivity index (χ3n) is 3.73. The van der Waals surface area contributed by atoms with Crippen LogP contribution in [0, 0.1) is 11.6 Å². The maximum atomic E-state index is 13.6. The average molecular weight is 354 g/mol. The van der Waals surface area contributed by atoms with Crippen molar-refractivity contribution in [2.24, 2.45) is 0 Å². The van der Waals surface area contributed by atoms with Gasteiger partial charge in [-0.25, -0.2) is 18.7 Å². The van der Waals surface area contributed by atoms with Gasteiger partial charge < -0.3 is 10.2 Å². The fraction of sp³-hybridized carbons (Fsp3) is 0.105. The van der Waals surface area contributed by atoms with Gasteiger partial charge in [-0.1, -0.05) is 24.3 Å². The third-order valence-corrected chi connectivity index (χ3v) is 3.73. The van der Waals surface area contributed by atoms with E-state index in [0.717, 1.165) is 17.8 Å². The molecule has 132 valence electrons. The number of hydrogen-bond donors (Lipinski definition) is 1. The van der Waals surface area contributed by atoms with Crippen molar-refractivity contribution in [2.45, 2.75) is 6.92 Å². The number of benzene rings is 2. The highest BCUT2D eigenvalue weighted by Crippen LogP contribution is 2.22. The molecule has 3 rings (SSSR count). The van der Waals surface area contributed by atoms with Gasteiger partial charge in [-0.15, -0.1) is 0 Å². The minimum absolute atomic E-state index is 0.0977. The van der Waals surface area contributed by atoms with Gasteiger partial charge in [0, 0.05) is 24.6 Å². The maximum absolute atomic E-state index is 13.6. The molecular weight excluding hydrogens is 338 g/mol. The number of hydrogen-bond acceptors (Lipinski definition) is 4. The van der Waals surface area contributed by atoms with Crippen molar-refractivity contribution in [1.29, 1.82) is 0 Å². The fourth-order valence-electron chi connectivity index (χ4n) is 2.43. The van der Waals surface area contributed by atoms with Crippen molar-refractivity contribution in [3.05, 3.63) is 78.1 Å².